The molecule has 0 aliphatic carbocycles. The number of para-hydroxylation sites is 1. The molecule has 2 amide bonds. The lowest BCUT2D eigenvalue weighted by atomic mass is 10.3. The summed E-state index contributed by atoms with van der Waals surface area (Å²) in [7, 11) is 1.62. The lowest BCUT2D eigenvalue weighted by Gasteiger charge is -2.22. The largest absolute Gasteiger partial charge is 0.472 e. The van der Waals surface area contributed by atoms with Crippen LogP contribution in [0.1, 0.15) is 5.56 Å². The minimum Gasteiger partial charge on any atom is -0.472 e. The molecular weight excluding hydrogens is 256 g/mol. The molecule has 0 spiro atoms. The molecule has 20 heavy (non-hydrogen) atoms. The van der Waals surface area contributed by atoms with E-state index in [9.17, 15) is 4.79 Å². The van der Waals surface area contributed by atoms with Crippen LogP contribution in [0.5, 0.6) is 0 Å². The van der Waals surface area contributed by atoms with Crippen LogP contribution in [-0.4, -0.2) is 31.2 Å². The first-order valence-corrected chi connectivity index (χ1v) is 6.40. The van der Waals surface area contributed by atoms with Gasteiger partial charge in [0.1, 0.15) is 0 Å². The van der Waals surface area contributed by atoms with Gasteiger partial charge in [0.25, 0.3) is 0 Å². The molecule has 0 aliphatic rings. The van der Waals surface area contributed by atoms with Crippen molar-refractivity contribution in [2.24, 2.45) is 0 Å². The van der Waals surface area contributed by atoms with E-state index in [0.717, 1.165) is 11.3 Å². The van der Waals surface area contributed by atoms with Crippen LogP contribution in [0.4, 0.5) is 10.5 Å². The Morgan fingerprint density at radius 2 is 2.10 bits per heavy atom. The van der Waals surface area contributed by atoms with Crippen molar-refractivity contribution in [3.8, 4) is 0 Å². The third-order valence-corrected chi connectivity index (χ3v) is 2.83. The van der Waals surface area contributed by atoms with Crippen LogP contribution in [0.3, 0.4) is 0 Å². The van der Waals surface area contributed by atoms with Gasteiger partial charge in [-0.1, -0.05) is 18.2 Å². The van der Waals surface area contributed by atoms with Crippen LogP contribution in [0.15, 0.2) is 53.3 Å². The Balaban J connectivity index is 1.99. The average Bonchev–Trinajstić information content (AvgIpc) is 2.97. The van der Waals surface area contributed by atoms with E-state index in [1.54, 1.807) is 24.5 Å². The number of furan rings is 1. The summed E-state index contributed by atoms with van der Waals surface area (Å²) < 4.78 is 10.1. The van der Waals surface area contributed by atoms with Gasteiger partial charge < -0.3 is 19.4 Å². The minimum atomic E-state index is -0.158. The molecule has 1 aromatic heterocycles. The van der Waals surface area contributed by atoms with Gasteiger partial charge in [0.15, 0.2) is 0 Å². The van der Waals surface area contributed by atoms with Crippen LogP contribution in [0, 0.1) is 0 Å². The van der Waals surface area contributed by atoms with Gasteiger partial charge in [-0.2, -0.15) is 0 Å². The van der Waals surface area contributed by atoms with E-state index in [2.05, 4.69) is 5.32 Å². The summed E-state index contributed by atoms with van der Waals surface area (Å²) in [5.74, 6) is 0. The van der Waals surface area contributed by atoms with Gasteiger partial charge in [-0.25, -0.2) is 4.79 Å². The topological polar surface area (TPSA) is 54.7 Å². The van der Waals surface area contributed by atoms with Crippen LogP contribution >= 0.6 is 0 Å². The van der Waals surface area contributed by atoms with Gasteiger partial charge >= 0.3 is 6.03 Å². The van der Waals surface area contributed by atoms with Gasteiger partial charge in [0, 0.05) is 24.9 Å². The van der Waals surface area contributed by atoms with Gasteiger partial charge in [-0.15, -0.1) is 0 Å². The summed E-state index contributed by atoms with van der Waals surface area (Å²) in [5.41, 5.74) is 1.72. The van der Waals surface area contributed by atoms with E-state index in [1.165, 1.54) is 0 Å². The van der Waals surface area contributed by atoms with Crippen molar-refractivity contribution in [1.82, 2.24) is 4.90 Å². The Labute approximate surface area is 118 Å². The fraction of sp³-hybridized carbons (Fsp3) is 0.267. The number of benzene rings is 1. The molecule has 0 unspecified atom stereocenters. The van der Waals surface area contributed by atoms with Crippen molar-refractivity contribution >= 4 is 11.7 Å². The number of carbonyl (C=O) groups is 1. The van der Waals surface area contributed by atoms with Gasteiger partial charge in [-0.05, 0) is 18.2 Å². The van der Waals surface area contributed by atoms with Crippen LogP contribution < -0.4 is 5.32 Å². The number of rotatable bonds is 6. The third kappa shape index (κ3) is 4.13. The molecule has 106 valence electrons. The summed E-state index contributed by atoms with van der Waals surface area (Å²) in [4.78, 5) is 14.0. The Morgan fingerprint density at radius 1 is 1.30 bits per heavy atom. The molecule has 0 bridgehead atoms. The highest BCUT2D eigenvalue weighted by Crippen LogP contribution is 2.10. The molecule has 5 nitrogen and oxygen atoms in total. The monoisotopic (exact) mass is 274 g/mol. The first-order valence-electron chi connectivity index (χ1n) is 6.40. The second-order valence-electron chi connectivity index (χ2n) is 4.34. The van der Waals surface area contributed by atoms with Crippen LogP contribution in [0.25, 0.3) is 0 Å². The van der Waals surface area contributed by atoms with E-state index >= 15 is 0 Å². The summed E-state index contributed by atoms with van der Waals surface area (Å²) in [6.07, 6.45) is 3.23. The maximum atomic E-state index is 12.3. The Bertz CT molecular complexity index is 511. The normalized spacial score (nSPS) is 10.2. The molecule has 0 aliphatic heterocycles. The predicted octanol–water partition coefficient (Wildman–Crippen LogP) is 2.96. The zero-order valence-corrected chi connectivity index (χ0v) is 11.4. The standard InChI is InChI=1S/C15H18N2O3/c1-19-10-8-17(11-13-7-9-20-12-13)15(18)16-14-5-3-2-4-6-14/h2-7,9,12H,8,10-11H2,1H3,(H,16,18). The predicted molar refractivity (Wildman–Crippen MR) is 76.5 cm³/mol. The summed E-state index contributed by atoms with van der Waals surface area (Å²) in [6.45, 7) is 1.49. The first kappa shape index (κ1) is 14.1. The molecule has 1 N–H and O–H groups in total. The van der Waals surface area contributed by atoms with Gasteiger partial charge in [0.2, 0.25) is 0 Å². The molecule has 1 heterocycles. The molecule has 0 saturated carbocycles. The zero-order chi connectivity index (χ0) is 14.2. The molecule has 2 rings (SSSR count). The number of ether oxygens (including phenoxy) is 1. The lowest BCUT2D eigenvalue weighted by molar-refractivity contribution is 0.152. The van der Waals surface area contributed by atoms with Gasteiger partial charge in [-0.3, -0.25) is 0 Å². The maximum absolute atomic E-state index is 12.3. The Kier molecular flexibility index (Phi) is 5.20. The van der Waals surface area contributed by atoms with Crippen molar-refractivity contribution in [3.05, 3.63) is 54.5 Å². The fourth-order valence-electron chi connectivity index (χ4n) is 1.78. The molecule has 0 atom stereocenters. The smallest absolute Gasteiger partial charge is 0.322 e. The first-order chi connectivity index (χ1) is 9.79. The number of nitrogens with one attached hydrogen (secondary N) is 1. The van der Waals surface area contributed by atoms with Gasteiger partial charge in [0.05, 0.1) is 25.7 Å². The molecule has 1 aromatic carbocycles. The highest BCUT2D eigenvalue weighted by atomic mass is 16.5. The van der Waals surface area contributed by atoms with Crippen LogP contribution in [0.2, 0.25) is 0 Å². The molecular formula is C15H18N2O3. The number of hydrogen-bond donors (Lipinski definition) is 1. The zero-order valence-electron chi connectivity index (χ0n) is 11.4. The second kappa shape index (κ2) is 7.35. The van der Waals surface area contributed by atoms with Crippen molar-refractivity contribution in [1.29, 1.82) is 0 Å². The van der Waals surface area contributed by atoms with Crippen molar-refractivity contribution in [2.75, 3.05) is 25.6 Å². The van der Waals surface area contributed by atoms with Crippen molar-refractivity contribution in [2.45, 2.75) is 6.54 Å². The average molecular weight is 274 g/mol. The number of urea groups is 1. The number of methoxy groups -OCH3 is 1. The molecule has 0 saturated heterocycles. The van der Waals surface area contributed by atoms with Crippen LogP contribution in [-0.2, 0) is 11.3 Å². The number of hydrogen-bond acceptors (Lipinski definition) is 3. The second-order valence-corrected chi connectivity index (χ2v) is 4.34. The molecule has 0 radical (unpaired) electrons. The number of carbonyl (C=O) groups excluding carboxylic acids is 1. The molecule has 5 heteroatoms. The quantitative estimate of drug-likeness (QED) is 0.881. The van der Waals surface area contributed by atoms with E-state index < -0.39 is 0 Å². The number of amides is 2. The van der Waals surface area contributed by atoms with Crippen molar-refractivity contribution < 1.29 is 13.9 Å². The summed E-state index contributed by atoms with van der Waals surface area (Å²) in [6, 6.07) is 11.1. The lowest BCUT2D eigenvalue weighted by Crippen LogP contribution is -2.36. The summed E-state index contributed by atoms with van der Waals surface area (Å²) in [5, 5.41) is 2.86. The number of anilines is 1. The highest BCUT2D eigenvalue weighted by molar-refractivity contribution is 5.89. The van der Waals surface area contributed by atoms with Crippen molar-refractivity contribution in [3.63, 3.8) is 0 Å². The van der Waals surface area contributed by atoms with E-state index in [0.29, 0.717) is 19.7 Å². The summed E-state index contributed by atoms with van der Waals surface area (Å²) >= 11 is 0. The number of nitrogens with zero attached hydrogens (tertiary/aromatic N) is 1. The fourth-order valence-corrected chi connectivity index (χ4v) is 1.78. The highest BCUT2D eigenvalue weighted by Gasteiger charge is 2.14. The van der Waals surface area contributed by atoms with E-state index in [-0.39, 0.29) is 6.03 Å². The Morgan fingerprint density at radius 3 is 2.75 bits per heavy atom. The SMILES string of the molecule is COCCN(Cc1ccoc1)C(=O)Nc1ccccc1. The third-order valence-electron chi connectivity index (χ3n) is 2.83. The molecule has 0 fully saturated rings. The van der Waals surface area contributed by atoms with E-state index in [4.69, 9.17) is 9.15 Å². The molecule has 2 aromatic rings. The minimum absolute atomic E-state index is 0.158. The Hall–Kier alpha value is -2.27. The van der Waals surface area contributed by atoms with E-state index in [1.807, 2.05) is 36.4 Å². The maximum Gasteiger partial charge on any atom is 0.322 e.